The van der Waals surface area contributed by atoms with Crippen molar-refractivity contribution in [2.24, 2.45) is 4.40 Å². The van der Waals surface area contributed by atoms with Gasteiger partial charge in [-0.15, -0.1) is 4.40 Å². The lowest BCUT2D eigenvalue weighted by atomic mass is 10.1. The summed E-state index contributed by atoms with van der Waals surface area (Å²) in [5, 5.41) is 0. The van der Waals surface area contributed by atoms with Crippen LogP contribution in [0.15, 0.2) is 64.6 Å². The van der Waals surface area contributed by atoms with E-state index in [4.69, 9.17) is 4.74 Å². The summed E-state index contributed by atoms with van der Waals surface area (Å²) in [6, 6.07) is 16.2. The van der Waals surface area contributed by atoms with Gasteiger partial charge in [-0.1, -0.05) is 42.5 Å². The molecule has 31 heavy (non-hydrogen) atoms. The highest BCUT2D eigenvalue weighted by atomic mass is 32.2. The van der Waals surface area contributed by atoms with Gasteiger partial charge in [-0.25, -0.2) is 0 Å². The lowest BCUT2D eigenvalue weighted by molar-refractivity contribution is 0.0760. The van der Waals surface area contributed by atoms with Crippen LogP contribution in [-0.2, 0) is 10.0 Å². The van der Waals surface area contributed by atoms with Crippen molar-refractivity contribution in [3.63, 3.8) is 0 Å². The molecule has 2 heterocycles. The minimum absolute atomic E-state index is 0.0856. The van der Waals surface area contributed by atoms with E-state index in [0.29, 0.717) is 60.9 Å². The lowest BCUT2D eigenvalue weighted by Crippen LogP contribution is -2.37. The van der Waals surface area contributed by atoms with E-state index in [1.807, 2.05) is 35.2 Å². The molecule has 1 fully saturated rings. The number of carbonyl (C=O) groups excluding carboxylic acids is 1. The van der Waals surface area contributed by atoms with E-state index in [0.717, 1.165) is 0 Å². The van der Waals surface area contributed by atoms with Gasteiger partial charge >= 0.3 is 0 Å². The molecule has 0 saturated carbocycles. The van der Waals surface area contributed by atoms with Crippen molar-refractivity contribution in [1.82, 2.24) is 9.80 Å². The maximum absolute atomic E-state index is 13.1. The van der Waals surface area contributed by atoms with Gasteiger partial charge < -0.3 is 14.5 Å². The van der Waals surface area contributed by atoms with Gasteiger partial charge in [0.1, 0.15) is 16.5 Å². The molecule has 0 atom stereocenters. The third-order valence-corrected chi connectivity index (χ3v) is 7.07. The van der Waals surface area contributed by atoms with Crippen molar-refractivity contribution in [2.45, 2.75) is 13.3 Å². The molecule has 0 N–H and O–H groups in total. The molecule has 2 aliphatic heterocycles. The summed E-state index contributed by atoms with van der Waals surface area (Å²) in [4.78, 5) is 17.1. The highest BCUT2D eigenvalue weighted by molar-refractivity contribution is 8.00. The summed E-state index contributed by atoms with van der Waals surface area (Å²) in [7, 11) is -2.20. The van der Waals surface area contributed by atoms with Gasteiger partial charge in [-0.05, 0) is 31.0 Å². The van der Waals surface area contributed by atoms with Gasteiger partial charge in [-0.2, -0.15) is 8.42 Å². The van der Waals surface area contributed by atoms with Gasteiger partial charge in [0, 0.05) is 31.8 Å². The number of rotatable bonds is 3. The highest BCUT2D eigenvalue weighted by Crippen LogP contribution is 2.33. The Kier molecular flexibility index (Phi) is 5.82. The summed E-state index contributed by atoms with van der Waals surface area (Å²) < 4.78 is 35.0. The number of sulfonamides is 1. The predicted molar refractivity (Wildman–Crippen MR) is 120 cm³/mol. The normalized spacial score (nSPS) is 18.6. The highest BCUT2D eigenvalue weighted by Gasteiger charge is 2.34. The zero-order valence-electron chi connectivity index (χ0n) is 17.6. The first-order valence-corrected chi connectivity index (χ1v) is 11.7. The van der Waals surface area contributed by atoms with Crippen LogP contribution < -0.4 is 4.74 Å². The Labute approximate surface area is 182 Å². The molecule has 0 aliphatic carbocycles. The average Bonchev–Trinajstić information content (AvgIpc) is 2.93. The zero-order valence-corrected chi connectivity index (χ0v) is 18.4. The molecule has 0 aromatic heterocycles. The predicted octanol–water partition coefficient (Wildman–Crippen LogP) is 3.02. The molecule has 0 unspecified atom stereocenters. The Hall–Kier alpha value is -3.13. The zero-order chi connectivity index (χ0) is 22.0. The number of benzene rings is 2. The molecule has 2 aromatic rings. The summed E-state index contributed by atoms with van der Waals surface area (Å²) in [6.45, 7) is 4.00. The van der Waals surface area contributed by atoms with Gasteiger partial charge in [0.2, 0.25) is 0 Å². The third kappa shape index (κ3) is 4.07. The topological polar surface area (TPSA) is 79.3 Å². The second kappa shape index (κ2) is 8.55. The number of methoxy groups -OCH3 is 1. The Bertz CT molecular complexity index is 1160. The van der Waals surface area contributed by atoms with Crippen molar-refractivity contribution in [3.05, 3.63) is 71.3 Å². The number of ether oxygens (including phenoxy) is 1. The number of amidine groups is 1. The van der Waals surface area contributed by atoms with Crippen molar-refractivity contribution in [1.29, 1.82) is 0 Å². The number of hydrogen-bond donors (Lipinski definition) is 0. The van der Waals surface area contributed by atoms with Gasteiger partial charge in [0.25, 0.3) is 15.9 Å². The minimum Gasteiger partial charge on any atom is -0.496 e. The Morgan fingerprint density at radius 3 is 2.42 bits per heavy atom. The van der Waals surface area contributed by atoms with E-state index < -0.39 is 10.0 Å². The quantitative estimate of drug-likeness (QED) is 0.735. The number of amides is 1. The van der Waals surface area contributed by atoms with E-state index in [2.05, 4.69) is 4.40 Å². The van der Waals surface area contributed by atoms with Crippen LogP contribution >= 0.6 is 0 Å². The van der Waals surface area contributed by atoms with Crippen LogP contribution in [0.25, 0.3) is 4.91 Å². The Balaban J connectivity index is 1.55. The van der Waals surface area contributed by atoms with Crippen molar-refractivity contribution < 1.29 is 17.9 Å². The SMILES string of the molecule is COc1ccccc1C(=O)N1CCCN(C2=NS(=O)(=O)C(c3ccccc3)=C2C)CC1. The first-order valence-electron chi connectivity index (χ1n) is 10.2. The average molecular weight is 440 g/mol. The third-order valence-electron chi connectivity index (χ3n) is 5.60. The summed E-state index contributed by atoms with van der Waals surface area (Å²) in [6.07, 6.45) is 0.716. The Morgan fingerprint density at radius 1 is 0.968 bits per heavy atom. The smallest absolute Gasteiger partial charge is 0.285 e. The molecule has 8 heteroatoms. The minimum atomic E-state index is -3.75. The van der Waals surface area contributed by atoms with Crippen LogP contribution in [-0.4, -0.2) is 63.2 Å². The standard InChI is InChI=1S/C23H25N3O4S/c1-17-21(18-9-4-3-5-10-18)31(28,29)24-22(17)25-13-8-14-26(16-15-25)23(27)19-11-6-7-12-20(19)30-2/h3-7,9-12H,8,13-16H2,1-2H3. The molecule has 2 aliphatic rings. The molecule has 0 radical (unpaired) electrons. The molecule has 1 amide bonds. The molecule has 2 aromatic carbocycles. The number of para-hydroxylation sites is 1. The van der Waals surface area contributed by atoms with Gasteiger partial charge in [-0.3, -0.25) is 4.79 Å². The fourth-order valence-electron chi connectivity index (χ4n) is 4.10. The van der Waals surface area contributed by atoms with Crippen LogP contribution in [0.5, 0.6) is 5.75 Å². The van der Waals surface area contributed by atoms with E-state index >= 15 is 0 Å². The molecule has 0 spiro atoms. The van der Waals surface area contributed by atoms with Gasteiger partial charge in [0.15, 0.2) is 0 Å². The number of carbonyl (C=O) groups is 1. The second-order valence-electron chi connectivity index (χ2n) is 7.54. The number of hydrogen-bond acceptors (Lipinski definition) is 5. The van der Waals surface area contributed by atoms with E-state index in [-0.39, 0.29) is 10.8 Å². The largest absolute Gasteiger partial charge is 0.496 e. The van der Waals surface area contributed by atoms with Crippen molar-refractivity contribution in [3.8, 4) is 5.75 Å². The lowest BCUT2D eigenvalue weighted by Gasteiger charge is -2.24. The monoisotopic (exact) mass is 439 g/mol. The second-order valence-corrected chi connectivity index (χ2v) is 9.08. The molecule has 1 saturated heterocycles. The fourth-order valence-corrected chi connectivity index (χ4v) is 5.58. The van der Waals surface area contributed by atoms with E-state index in [1.165, 1.54) is 0 Å². The van der Waals surface area contributed by atoms with Crippen molar-refractivity contribution >= 4 is 26.7 Å². The van der Waals surface area contributed by atoms with Crippen LogP contribution in [0.1, 0.15) is 29.3 Å². The van der Waals surface area contributed by atoms with Gasteiger partial charge in [0.05, 0.1) is 12.7 Å². The van der Waals surface area contributed by atoms with Crippen LogP contribution in [0.4, 0.5) is 0 Å². The first-order chi connectivity index (χ1) is 14.9. The van der Waals surface area contributed by atoms with Crippen molar-refractivity contribution in [2.75, 3.05) is 33.3 Å². The molecular weight excluding hydrogens is 414 g/mol. The maximum Gasteiger partial charge on any atom is 0.285 e. The first kappa shape index (κ1) is 21.1. The van der Waals surface area contributed by atoms with E-state index in [1.54, 1.807) is 43.2 Å². The molecule has 4 rings (SSSR count). The summed E-state index contributed by atoms with van der Waals surface area (Å²) in [5.41, 5.74) is 1.82. The van der Waals surface area contributed by atoms with E-state index in [9.17, 15) is 13.2 Å². The maximum atomic E-state index is 13.1. The molecule has 0 bridgehead atoms. The number of nitrogens with zero attached hydrogens (tertiary/aromatic N) is 3. The molecule has 7 nitrogen and oxygen atoms in total. The molecular formula is C23H25N3O4S. The van der Waals surface area contributed by atoms with Crippen LogP contribution in [0, 0.1) is 0 Å². The van der Waals surface area contributed by atoms with Crippen LogP contribution in [0.2, 0.25) is 0 Å². The summed E-state index contributed by atoms with van der Waals surface area (Å²) >= 11 is 0. The summed E-state index contributed by atoms with van der Waals surface area (Å²) in [5.74, 6) is 0.939. The fraction of sp³-hybridized carbons (Fsp3) is 0.304. The Morgan fingerprint density at radius 2 is 1.68 bits per heavy atom. The van der Waals surface area contributed by atoms with Crippen LogP contribution in [0.3, 0.4) is 0 Å². The molecule has 162 valence electrons.